The molecule has 0 radical (unpaired) electrons. The van der Waals surface area contributed by atoms with E-state index >= 15 is 0 Å². The fourth-order valence-corrected chi connectivity index (χ4v) is 1.96. The quantitative estimate of drug-likeness (QED) is 0.578. The van der Waals surface area contributed by atoms with Crippen molar-refractivity contribution < 1.29 is 12.8 Å². The molecular weight excluding hydrogens is 219 g/mol. The number of nitrogens with two attached hydrogens (primary N) is 1. The summed E-state index contributed by atoms with van der Waals surface area (Å²) in [6.45, 7) is -0.154. The van der Waals surface area contributed by atoms with E-state index < -0.39 is 15.8 Å². The Hall–Kier alpha value is -1.58. The number of benzene rings is 1. The molecule has 0 aliphatic carbocycles. The van der Waals surface area contributed by atoms with E-state index in [-0.39, 0.29) is 17.1 Å². The van der Waals surface area contributed by atoms with Crippen LogP contribution in [0.2, 0.25) is 0 Å². The van der Waals surface area contributed by atoms with E-state index in [0.29, 0.717) is 0 Å². The lowest BCUT2D eigenvalue weighted by atomic mass is 10.3. The van der Waals surface area contributed by atoms with E-state index in [4.69, 9.17) is 12.2 Å². The third kappa shape index (κ3) is 2.94. The number of hydrogen-bond acceptors (Lipinski definition) is 3. The molecule has 4 nitrogen and oxygen atoms in total. The molecule has 0 aliphatic rings. The zero-order valence-corrected chi connectivity index (χ0v) is 8.51. The summed E-state index contributed by atoms with van der Waals surface area (Å²) in [7, 11) is -3.78. The standard InChI is InChI=1S/C9H9FN2O2S/c1-2-3-12-15(13,14)9-5-7(10)4-8(11)6-9/h1,4-6,12H,3,11H2. The Labute approximate surface area is 87.3 Å². The van der Waals surface area contributed by atoms with Crippen molar-refractivity contribution in [2.45, 2.75) is 4.90 Å². The van der Waals surface area contributed by atoms with Crippen LogP contribution in [0.3, 0.4) is 0 Å². The van der Waals surface area contributed by atoms with Gasteiger partial charge >= 0.3 is 0 Å². The topological polar surface area (TPSA) is 72.2 Å². The highest BCUT2D eigenvalue weighted by atomic mass is 32.2. The third-order valence-corrected chi connectivity index (χ3v) is 2.95. The van der Waals surface area contributed by atoms with Crippen molar-refractivity contribution in [2.75, 3.05) is 12.3 Å². The van der Waals surface area contributed by atoms with Crippen molar-refractivity contribution in [1.29, 1.82) is 0 Å². The lowest BCUT2D eigenvalue weighted by molar-refractivity contribution is 0.582. The largest absolute Gasteiger partial charge is 0.399 e. The molecule has 6 heteroatoms. The van der Waals surface area contributed by atoms with Crippen LogP contribution < -0.4 is 10.5 Å². The molecule has 1 aromatic carbocycles. The summed E-state index contributed by atoms with van der Waals surface area (Å²) in [5, 5.41) is 0. The first kappa shape index (κ1) is 11.5. The van der Waals surface area contributed by atoms with Crippen molar-refractivity contribution >= 4 is 15.7 Å². The SMILES string of the molecule is C#CCNS(=O)(=O)c1cc(N)cc(F)c1. The van der Waals surface area contributed by atoms with Crippen molar-refractivity contribution in [3.63, 3.8) is 0 Å². The van der Waals surface area contributed by atoms with Crippen LogP contribution in [0.1, 0.15) is 0 Å². The highest BCUT2D eigenvalue weighted by molar-refractivity contribution is 7.89. The fraction of sp³-hybridized carbons (Fsp3) is 0.111. The summed E-state index contributed by atoms with van der Waals surface area (Å²) in [4.78, 5) is -0.241. The Morgan fingerprint density at radius 2 is 2.13 bits per heavy atom. The zero-order chi connectivity index (χ0) is 11.5. The molecule has 0 saturated heterocycles. The minimum atomic E-state index is -3.78. The predicted molar refractivity (Wildman–Crippen MR) is 54.8 cm³/mol. The van der Waals surface area contributed by atoms with Crippen LogP contribution >= 0.6 is 0 Å². The van der Waals surface area contributed by atoms with Gasteiger partial charge in [0.2, 0.25) is 10.0 Å². The normalized spacial score (nSPS) is 10.9. The smallest absolute Gasteiger partial charge is 0.241 e. The molecule has 0 aliphatic heterocycles. The van der Waals surface area contributed by atoms with Gasteiger partial charge < -0.3 is 5.73 Å². The number of halogens is 1. The zero-order valence-electron chi connectivity index (χ0n) is 7.70. The molecule has 0 bridgehead atoms. The minimum absolute atomic E-state index is 0.0380. The molecule has 0 heterocycles. The van der Waals surface area contributed by atoms with Crippen LogP contribution in [0.4, 0.5) is 10.1 Å². The Bertz CT molecular complexity index is 485. The maximum atomic E-state index is 12.9. The number of terminal acetylenes is 1. The Morgan fingerprint density at radius 3 is 2.67 bits per heavy atom. The second kappa shape index (κ2) is 4.29. The number of anilines is 1. The number of nitrogen functional groups attached to an aromatic ring is 1. The highest BCUT2D eigenvalue weighted by Crippen LogP contribution is 2.15. The summed E-state index contributed by atoms with van der Waals surface area (Å²) in [6.07, 6.45) is 4.90. The molecular formula is C9H9FN2O2S. The molecule has 0 unspecified atom stereocenters. The monoisotopic (exact) mass is 228 g/mol. The van der Waals surface area contributed by atoms with Crippen LogP contribution in [0, 0.1) is 18.2 Å². The van der Waals surface area contributed by atoms with Gasteiger partial charge in [0.1, 0.15) is 5.82 Å². The first-order valence-electron chi connectivity index (χ1n) is 3.95. The van der Waals surface area contributed by atoms with Gasteiger partial charge in [0.05, 0.1) is 11.4 Å². The van der Waals surface area contributed by atoms with Gasteiger partial charge in [-0.05, 0) is 18.2 Å². The van der Waals surface area contributed by atoms with Gasteiger partial charge in [0.25, 0.3) is 0 Å². The molecule has 0 atom stereocenters. The first-order chi connectivity index (χ1) is 6.95. The maximum Gasteiger partial charge on any atom is 0.241 e. The van der Waals surface area contributed by atoms with E-state index in [1.54, 1.807) is 0 Å². The number of rotatable bonds is 3. The van der Waals surface area contributed by atoms with Gasteiger partial charge in [-0.15, -0.1) is 6.42 Å². The fourth-order valence-electron chi connectivity index (χ4n) is 0.960. The molecule has 0 amide bonds. The number of nitrogens with one attached hydrogen (secondary N) is 1. The molecule has 1 aromatic rings. The summed E-state index contributed by atoms with van der Waals surface area (Å²) < 4.78 is 37.9. The summed E-state index contributed by atoms with van der Waals surface area (Å²) >= 11 is 0. The van der Waals surface area contributed by atoms with Crippen molar-refractivity contribution in [2.24, 2.45) is 0 Å². The van der Waals surface area contributed by atoms with Crippen molar-refractivity contribution in [1.82, 2.24) is 4.72 Å². The molecule has 0 saturated carbocycles. The predicted octanol–water partition coefficient (Wildman–Crippen LogP) is 0.319. The van der Waals surface area contributed by atoms with E-state index in [9.17, 15) is 12.8 Å². The number of hydrogen-bond donors (Lipinski definition) is 2. The van der Waals surface area contributed by atoms with Gasteiger partial charge in [-0.25, -0.2) is 12.8 Å². The molecule has 1 rings (SSSR count). The van der Waals surface area contributed by atoms with Crippen LogP contribution in [0.15, 0.2) is 23.1 Å². The van der Waals surface area contributed by atoms with Gasteiger partial charge in [0.15, 0.2) is 0 Å². The first-order valence-corrected chi connectivity index (χ1v) is 5.43. The molecule has 0 spiro atoms. The Kier molecular flexibility index (Phi) is 3.29. The average Bonchev–Trinajstić information content (AvgIpc) is 2.13. The lowest BCUT2D eigenvalue weighted by Gasteiger charge is -2.04. The highest BCUT2D eigenvalue weighted by Gasteiger charge is 2.14. The third-order valence-electron chi connectivity index (χ3n) is 1.57. The molecule has 0 fully saturated rings. The van der Waals surface area contributed by atoms with E-state index in [2.05, 4.69) is 10.6 Å². The summed E-state index contributed by atoms with van der Waals surface area (Å²) in [5.74, 6) is 1.40. The van der Waals surface area contributed by atoms with Crippen molar-refractivity contribution in [3.05, 3.63) is 24.0 Å². The van der Waals surface area contributed by atoms with E-state index in [1.165, 1.54) is 0 Å². The van der Waals surface area contributed by atoms with E-state index in [1.807, 2.05) is 0 Å². The van der Waals surface area contributed by atoms with Gasteiger partial charge in [-0.3, -0.25) is 0 Å². The maximum absolute atomic E-state index is 12.9. The molecule has 3 N–H and O–H groups in total. The number of sulfonamides is 1. The summed E-state index contributed by atoms with van der Waals surface area (Å²) in [6, 6.07) is 3.05. The van der Waals surface area contributed by atoms with E-state index in [0.717, 1.165) is 18.2 Å². The van der Waals surface area contributed by atoms with Crippen LogP contribution in [0.5, 0.6) is 0 Å². The minimum Gasteiger partial charge on any atom is -0.399 e. The Balaban J connectivity index is 3.11. The van der Waals surface area contributed by atoms with Gasteiger partial charge in [0, 0.05) is 5.69 Å². The Morgan fingerprint density at radius 1 is 1.47 bits per heavy atom. The van der Waals surface area contributed by atoms with Gasteiger partial charge in [-0.1, -0.05) is 5.92 Å². The van der Waals surface area contributed by atoms with Crippen LogP contribution in [-0.4, -0.2) is 15.0 Å². The molecule has 80 valence electrons. The van der Waals surface area contributed by atoms with Gasteiger partial charge in [-0.2, -0.15) is 4.72 Å². The lowest BCUT2D eigenvalue weighted by Crippen LogP contribution is -2.24. The second-order valence-electron chi connectivity index (χ2n) is 2.75. The second-order valence-corrected chi connectivity index (χ2v) is 4.52. The molecule has 0 aromatic heterocycles. The van der Waals surface area contributed by atoms with Crippen LogP contribution in [-0.2, 0) is 10.0 Å². The van der Waals surface area contributed by atoms with Crippen molar-refractivity contribution in [3.8, 4) is 12.3 Å². The van der Waals surface area contributed by atoms with Crippen LogP contribution in [0.25, 0.3) is 0 Å². The molecule has 15 heavy (non-hydrogen) atoms. The summed E-state index contributed by atoms with van der Waals surface area (Å²) in [5.41, 5.74) is 5.35. The average molecular weight is 228 g/mol.